The number of hydrogen-bond donors (Lipinski definition) is 3. The van der Waals surface area contributed by atoms with Crippen LogP contribution < -0.4 is 10.6 Å². The van der Waals surface area contributed by atoms with E-state index in [1.807, 2.05) is 0 Å². The molecule has 9 heteroatoms. The van der Waals surface area contributed by atoms with E-state index in [0.717, 1.165) is 18.6 Å². The molecular formula is C15H27F3IN3OS. The summed E-state index contributed by atoms with van der Waals surface area (Å²) in [6.07, 6.45) is -1.46. The van der Waals surface area contributed by atoms with Crippen molar-refractivity contribution in [2.75, 3.05) is 31.6 Å². The summed E-state index contributed by atoms with van der Waals surface area (Å²) >= 11 is 1.72. The third-order valence-electron chi connectivity index (χ3n) is 4.69. The number of halogens is 4. The highest BCUT2D eigenvalue weighted by molar-refractivity contribution is 14.0. The average molecular weight is 481 g/mol. The minimum atomic E-state index is -4.08. The summed E-state index contributed by atoms with van der Waals surface area (Å²) in [6.45, 7) is 0.898. The van der Waals surface area contributed by atoms with E-state index in [0.29, 0.717) is 31.2 Å². The normalized spacial score (nSPS) is 31.5. The van der Waals surface area contributed by atoms with Crippen molar-refractivity contribution >= 4 is 41.7 Å². The van der Waals surface area contributed by atoms with Gasteiger partial charge in [-0.1, -0.05) is 6.42 Å². The number of rotatable bonds is 4. The molecule has 0 amide bonds. The Labute approximate surface area is 162 Å². The largest absolute Gasteiger partial charge is 0.391 e. The predicted molar refractivity (Wildman–Crippen MR) is 103 cm³/mol. The number of hydrogen-bond acceptors (Lipinski definition) is 3. The van der Waals surface area contributed by atoms with E-state index < -0.39 is 17.7 Å². The SMILES string of the molecule is CN=C(NCC1CCCC(C(F)(F)F)C1)NCC1(O)CCSC1.I. The number of aliphatic imine (C=N–C) groups is 1. The van der Waals surface area contributed by atoms with Crippen molar-refractivity contribution in [3.8, 4) is 0 Å². The van der Waals surface area contributed by atoms with Crippen LogP contribution in [0.4, 0.5) is 13.2 Å². The highest BCUT2D eigenvalue weighted by Crippen LogP contribution is 2.39. The summed E-state index contributed by atoms with van der Waals surface area (Å²) in [5.41, 5.74) is -0.714. The van der Waals surface area contributed by atoms with Gasteiger partial charge in [-0.3, -0.25) is 4.99 Å². The first-order chi connectivity index (χ1) is 10.8. The lowest BCUT2D eigenvalue weighted by molar-refractivity contribution is -0.185. The molecule has 0 aromatic rings. The van der Waals surface area contributed by atoms with Gasteiger partial charge in [0.15, 0.2) is 5.96 Å². The first kappa shape index (κ1) is 22.1. The summed E-state index contributed by atoms with van der Waals surface area (Å²) in [5.74, 6) is 1.04. The molecule has 1 aliphatic carbocycles. The fourth-order valence-electron chi connectivity index (χ4n) is 3.22. The van der Waals surface area contributed by atoms with Gasteiger partial charge in [0, 0.05) is 25.9 Å². The van der Waals surface area contributed by atoms with E-state index >= 15 is 0 Å². The Morgan fingerprint density at radius 3 is 2.67 bits per heavy atom. The molecule has 1 aliphatic heterocycles. The van der Waals surface area contributed by atoms with Crippen LogP contribution in [-0.4, -0.2) is 54.5 Å². The van der Waals surface area contributed by atoms with Gasteiger partial charge >= 0.3 is 6.18 Å². The Morgan fingerprint density at radius 1 is 1.33 bits per heavy atom. The van der Waals surface area contributed by atoms with Crippen LogP contribution in [0.1, 0.15) is 32.1 Å². The monoisotopic (exact) mass is 481 g/mol. The molecule has 0 spiro atoms. The third kappa shape index (κ3) is 6.78. The van der Waals surface area contributed by atoms with Crippen molar-refractivity contribution in [2.45, 2.75) is 43.9 Å². The molecule has 1 heterocycles. The molecule has 2 aliphatic rings. The van der Waals surface area contributed by atoms with E-state index in [4.69, 9.17) is 0 Å². The van der Waals surface area contributed by atoms with Gasteiger partial charge in [0.05, 0.1) is 11.5 Å². The Balaban J connectivity index is 0.00000288. The zero-order valence-electron chi connectivity index (χ0n) is 13.9. The molecule has 2 rings (SSSR count). The van der Waals surface area contributed by atoms with Crippen LogP contribution in [-0.2, 0) is 0 Å². The van der Waals surface area contributed by atoms with Crippen LogP contribution >= 0.6 is 35.7 Å². The van der Waals surface area contributed by atoms with Gasteiger partial charge < -0.3 is 15.7 Å². The van der Waals surface area contributed by atoms with E-state index in [-0.39, 0.29) is 42.7 Å². The number of nitrogens with one attached hydrogen (secondary N) is 2. The standard InChI is InChI=1S/C15H26F3N3OS.HI/c1-19-13(21-9-14(22)5-6-23-10-14)20-8-11-3-2-4-12(7-11)15(16,17)18;/h11-12,22H,2-10H2,1H3,(H2,19,20,21);1H. The molecule has 1 saturated heterocycles. The van der Waals surface area contributed by atoms with Crippen molar-refractivity contribution in [2.24, 2.45) is 16.8 Å². The first-order valence-corrected chi connectivity index (χ1v) is 9.29. The number of aliphatic hydroxyl groups is 1. The zero-order chi connectivity index (χ0) is 16.9. The second-order valence-electron chi connectivity index (χ2n) is 6.60. The average Bonchev–Trinajstić information content (AvgIpc) is 2.94. The lowest BCUT2D eigenvalue weighted by atomic mass is 9.81. The van der Waals surface area contributed by atoms with Gasteiger partial charge in [0.25, 0.3) is 0 Å². The van der Waals surface area contributed by atoms with Crippen LogP contribution in [0.2, 0.25) is 0 Å². The molecule has 0 bridgehead atoms. The van der Waals surface area contributed by atoms with Gasteiger partial charge in [-0.15, -0.1) is 24.0 Å². The fourth-order valence-corrected chi connectivity index (χ4v) is 4.51. The molecule has 24 heavy (non-hydrogen) atoms. The second kappa shape index (κ2) is 9.70. The van der Waals surface area contributed by atoms with Gasteiger partial charge in [-0.2, -0.15) is 24.9 Å². The maximum Gasteiger partial charge on any atom is 0.391 e. The van der Waals surface area contributed by atoms with Crippen molar-refractivity contribution in [3.05, 3.63) is 0 Å². The van der Waals surface area contributed by atoms with Gasteiger partial charge in [0.1, 0.15) is 0 Å². The molecule has 0 aromatic carbocycles. The first-order valence-electron chi connectivity index (χ1n) is 8.14. The molecule has 142 valence electrons. The molecule has 3 N–H and O–H groups in total. The van der Waals surface area contributed by atoms with E-state index in [1.54, 1.807) is 18.8 Å². The van der Waals surface area contributed by atoms with Gasteiger partial charge in [0.2, 0.25) is 0 Å². The van der Waals surface area contributed by atoms with E-state index in [2.05, 4.69) is 15.6 Å². The molecule has 3 atom stereocenters. The van der Waals surface area contributed by atoms with Crippen molar-refractivity contribution in [1.82, 2.24) is 10.6 Å². The quantitative estimate of drug-likeness (QED) is 0.329. The Hall–Kier alpha value is 0.1000. The molecular weight excluding hydrogens is 454 g/mol. The number of alkyl halides is 3. The molecule has 4 nitrogen and oxygen atoms in total. The molecule has 0 aromatic heterocycles. The van der Waals surface area contributed by atoms with Gasteiger partial charge in [-0.25, -0.2) is 0 Å². The minimum Gasteiger partial charge on any atom is -0.387 e. The Morgan fingerprint density at radius 2 is 2.08 bits per heavy atom. The van der Waals surface area contributed by atoms with Crippen LogP contribution in [0.15, 0.2) is 4.99 Å². The number of thioether (sulfide) groups is 1. The van der Waals surface area contributed by atoms with Crippen molar-refractivity contribution in [3.63, 3.8) is 0 Å². The predicted octanol–water partition coefficient (Wildman–Crippen LogP) is 3.01. The van der Waals surface area contributed by atoms with Crippen molar-refractivity contribution < 1.29 is 18.3 Å². The summed E-state index contributed by atoms with van der Waals surface area (Å²) in [4.78, 5) is 4.09. The molecule has 3 unspecified atom stereocenters. The molecule has 0 radical (unpaired) electrons. The summed E-state index contributed by atoms with van der Waals surface area (Å²) < 4.78 is 38.5. The molecule has 2 fully saturated rings. The van der Waals surface area contributed by atoms with E-state index in [1.165, 1.54) is 0 Å². The third-order valence-corrected chi connectivity index (χ3v) is 5.93. The fraction of sp³-hybridized carbons (Fsp3) is 0.933. The maximum atomic E-state index is 12.8. The highest BCUT2D eigenvalue weighted by atomic mass is 127. The van der Waals surface area contributed by atoms with Crippen LogP contribution in [0, 0.1) is 11.8 Å². The van der Waals surface area contributed by atoms with Crippen LogP contribution in [0.3, 0.4) is 0 Å². The Bertz CT molecular complexity index is 417. The smallest absolute Gasteiger partial charge is 0.387 e. The van der Waals surface area contributed by atoms with Gasteiger partial charge in [-0.05, 0) is 37.4 Å². The van der Waals surface area contributed by atoms with Crippen LogP contribution in [0.5, 0.6) is 0 Å². The Kier molecular flexibility index (Phi) is 8.95. The minimum absolute atomic E-state index is 0. The number of guanidine groups is 1. The van der Waals surface area contributed by atoms with Crippen molar-refractivity contribution in [1.29, 1.82) is 0 Å². The second-order valence-corrected chi connectivity index (χ2v) is 7.71. The van der Waals surface area contributed by atoms with Crippen LogP contribution in [0.25, 0.3) is 0 Å². The van der Waals surface area contributed by atoms with E-state index in [9.17, 15) is 18.3 Å². The number of nitrogens with zero attached hydrogens (tertiary/aromatic N) is 1. The summed E-state index contributed by atoms with van der Waals surface area (Å²) in [7, 11) is 1.63. The summed E-state index contributed by atoms with van der Waals surface area (Å²) in [6, 6.07) is 0. The highest BCUT2D eigenvalue weighted by Gasteiger charge is 2.42. The lowest BCUT2D eigenvalue weighted by Crippen LogP contribution is -2.48. The zero-order valence-corrected chi connectivity index (χ0v) is 17.0. The maximum absolute atomic E-state index is 12.8. The lowest BCUT2D eigenvalue weighted by Gasteiger charge is -2.31. The topological polar surface area (TPSA) is 56.7 Å². The molecule has 1 saturated carbocycles. The summed E-state index contributed by atoms with van der Waals surface area (Å²) in [5, 5.41) is 16.5.